The number of methoxy groups -OCH3 is 1. The average Bonchev–Trinajstić information content (AvgIpc) is 2.42. The van der Waals surface area contributed by atoms with Gasteiger partial charge in [-0.15, -0.1) is 0 Å². The fraction of sp³-hybridized carbons (Fsp3) is 0.200. The molecule has 2 N–H and O–H groups in total. The molecule has 1 unspecified atom stereocenters. The molecule has 0 bridgehead atoms. The molecule has 0 amide bonds. The fourth-order valence-corrected chi connectivity index (χ4v) is 1.97. The van der Waals surface area contributed by atoms with Crippen molar-refractivity contribution in [3.63, 3.8) is 0 Å². The van der Waals surface area contributed by atoms with Gasteiger partial charge >= 0.3 is 0 Å². The van der Waals surface area contributed by atoms with E-state index in [1.807, 2.05) is 24.3 Å². The lowest BCUT2D eigenvalue weighted by atomic mass is 9.99. The molecule has 1 atom stereocenters. The Bertz CT molecular complexity index is 572. The molecule has 0 aliphatic carbocycles. The highest BCUT2D eigenvalue weighted by Gasteiger charge is 2.15. The highest BCUT2D eigenvalue weighted by atomic mass is 19.2. The standard InChI is InChI=1S/C15H15F2NO/c1-19-11-5-2-4-10(8-11)9-14(18)12-6-3-7-13(16)15(12)17/h2-8,14H,9,18H2,1H3. The Hall–Kier alpha value is -1.94. The van der Waals surface area contributed by atoms with Crippen molar-refractivity contribution in [2.75, 3.05) is 7.11 Å². The summed E-state index contributed by atoms with van der Waals surface area (Å²) in [7, 11) is 1.57. The number of hydrogen-bond acceptors (Lipinski definition) is 2. The second kappa shape index (κ2) is 5.80. The van der Waals surface area contributed by atoms with Crippen LogP contribution in [0, 0.1) is 11.6 Å². The molecular formula is C15H15F2NO. The molecule has 4 heteroatoms. The molecule has 2 rings (SSSR count). The SMILES string of the molecule is COc1cccc(CC(N)c2cccc(F)c2F)c1. The molecule has 19 heavy (non-hydrogen) atoms. The largest absolute Gasteiger partial charge is 0.497 e. The topological polar surface area (TPSA) is 35.2 Å². The van der Waals surface area contributed by atoms with Crippen molar-refractivity contribution in [1.82, 2.24) is 0 Å². The Morgan fingerprint density at radius 3 is 2.63 bits per heavy atom. The van der Waals surface area contributed by atoms with Crippen molar-refractivity contribution in [2.24, 2.45) is 5.73 Å². The van der Waals surface area contributed by atoms with Crippen LogP contribution >= 0.6 is 0 Å². The zero-order valence-electron chi connectivity index (χ0n) is 10.6. The molecular weight excluding hydrogens is 248 g/mol. The van der Waals surface area contributed by atoms with Gasteiger partial charge in [-0.05, 0) is 30.2 Å². The van der Waals surface area contributed by atoms with Crippen LogP contribution in [0.1, 0.15) is 17.2 Å². The van der Waals surface area contributed by atoms with Crippen molar-refractivity contribution in [1.29, 1.82) is 0 Å². The van der Waals surface area contributed by atoms with Crippen LogP contribution < -0.4 is 10.5 Å². The number of hydrogen-bond donors (Lipinski definition) is 1. The van der Waals surface area contributed by atoms with E-state index in [0.717, 1.165) is 11.6 Å². The van der Waals surface area contributed by atoms with Gasteiger partial charge < -0.3 is 10.5 Å². The number of rotatable bonds is 4. The third-order valence-corrected chi connectivity index (χ3v) is 2.97. The van der Waals surface area contributed by atoms with Crippen LogP contribution in [-0.2, 0) is 6.42 Å². The quantitative estimate of drug-likeness (QED) is 0.919. The van der Waals surface area contributed by atoms with E-state index in [-0.39, 0.29) is 5.56 Å². The number of nitrogens with two attached hydrogens (primary N) is 1. The Kier molecular flexibility index (Phi) is 4.12. The summed E-state index contributed by atoms with van der Waals surface area (Å²) in [6, 6.07) is 10.8. The summed E-state index contributed by atoms with van der Waals surface area (Å²) in [5, 5.41) is 0. The van der Waals surface area contributed by atoms with Gasteiger partial charge in [-0.1, -0.05) is 24.3 Å². The van der Waals surface area contributed by atoms with E-state index >= 15 is 0 Å². The molecule has 0 aromatic heterocycles. The molecule has 2 aromatic carbocycles. The van der Waals surface area contributed by atoms with Crippen LogP contribution in [0.15, 0.2) is 42.5 Å². The van der Waals surface area contributed by atoms with Gasteiger partial charge in [0.2, 0.25) is 0 Å². The van der Waals surface area contributed by atoms with Crippen LogP contribution in [0.5, 0.6) is 5.75 Å². The first kappa shape index (κ1) is 13.5. The maximum atomic E-state index is 13.6. The molecule has 0 heterocycles. The number of benzene rings is 2. The van der Waals surface area contributed by atoms with Crippen LogP contribution in [0.2, 0.25) is 0 Å². The second-order valence-electron chi connectivity index (χ2n) is 4.31. The minimum Gasteiger partial charge on any atom is -0.497 e. The maximum absolute atomic E-state index is 13.6. The van der Waals surface area contributed by atoms with Gasteiger partial charge in [-0.2, -0.15) is 0 Å². The second-order valence-corrected chi connectivity index (χ2v) is 4.31. The van der Waals surface area contributed by atoms with Crippen molar-refractivity contribution in [3.8, 4) is 5.75 Å². The monoisotopic (exact) mass is 263 g/mol. The van der Waals surface area contributed by atoms with Crippen LogP contribution in [0.3, 0.4) is 0 Å². The summed E-state index contributed by atoms with van der Waals surface area (Å²) < 4.78 is 31.9. The summed E-state index contributed by atoms with van der Waals surface area (Å²) in [5.74, 6) is -1.04. The molecule has 0 spiro atoms. The Morgan fingerprint density at radius 2 is 1.89 bits per heavy atom. The Labute approximate surface area is 110 Å². The van der Waals surface area contributed by atoms with E-state index in [0.29, 0.717) is 12.2 Å². The van der Waals surface area contributed by atoms with E-state index in [2.05, 4.69) is 0 Å². The van der Waals surface area contributed by atoms with Gasteiger partial charge in [0.15, 0.2) is 11.6 Å². The Balaban J connectivity index is 2.20. The molecule has 0 aliphatic heterocycles. The lowest BCUT2D eigenvalue weighted by Gasteiger charge is -2.14. The first-order chi connectivity index (χ1) is 9.11. The minimum atomic E-state index is -0.877. The molecule has 2 nitrogen and oxygen atoms in total. The van der Waals surface area contributed by atoms with Crippen LogP contribution in [0.4, 0.5) is 8.78 Å². The summed E-state index contributed by atoms with van der Waals surface area (Å²) in [4.78, 5) is 0. The van der Waals surface area contributed by atoms with E-state index in [9.17, 15) is 8.78 Å². The molecule has 0 saturated heterocycles. The molecule has 0 aliphatic rings. The third-order valence-electron chi connectivity index (χ3n) is 2.97. The van der Waals surface area contributed by atoms with Gasteiger partial charge in [0.05, 0.1) is 7.11 Å². The Morgan fingerprint density at radius 1 is 1.16 bits per heavy atom. The first-order valence-corrected chi connectivity index (χ1v) is 5.94. The summed E-state index contributed by atoms with van der Waals surface area (Å²) in [6.45, 7) is 0. The van der Waals surface area contributed by atoms with E-state index in [1.165, 1.54) is 12.1 Å². The molecule has 2 aromatic rings. The summed E-state index contributed by atoms with van der Waals surface area (Å²) in [6.07, 6.45) is 0.414. The van der Waals surface area contributed by atoms with Crippen molar-refractivity contribution >= 4 is 0 Å². The van der Waals surface area contributed by atoms with E-state index < -0.39 is 17.7 Å². The van der Waals surface area contributed by atoms with Crippen molar-refractivity contribution in [2.45, 2.75) is 12.5 Å². The zero-order valence-corrected chi connectivity index (χ0v) is 10.6. The van der Waals surface area contributed by atoms with Crippen molar-refractivity contribution < 1.29 is 13.5 Å². The van der Waals surface area contributed by atoms with Gasteiger partial charge in [-0.25, -0.2) is 8.78 Å². The summed E-state index contributed by atoms with van der Waals surface area (Å²) >= 11 is 0. The summed E-state index contributed by atoms with van der Waals surface area (Å²) in [5.41, 5.74) is 7.04. The lowest BCUT2D eigenvalue weighted by molar-refractivity contribution is 0.414. The zero-order chi connectivity index (χ0) is 13.8. The normalized spacial score (nSPS) is 12.2. The fourth-order valence-electron chi connectivity index (χ4n) is 1.97. The molecule has 0 saturated carbocycles. The number of ether oxygens (including phenoxy) is 1. The van der Waals surface area contributed by atoms with Crippen LogP contribution in [0.25, 0.3) is 0 Å². The van der Waals surface area contributed by atoms with Crippen molar-refractivity contribution in [3.05, 3.63) is 65.2 Å². The predicted octanol–water partition coefficient (Wildman–Crippen LogP) is 3.22. The predicted molar refractivity (Wildman–Crippen MR) is 70.0 cm³/mol. The van der Waals surface area contributed by atoms with Gasteiger partial charge in [0.1, 0.15) is 5.75 Å². The van der Waals surface area contributed by atoms with Crippen LogP contribution in [-0.4, -0.2) is 7.11 Å². The third kappa shape index (κ3) is 3.09. The van der Waals surface area contributed by atoms with Gasteiger partial charge in [-0.3, -0.25) is 0 Å². The minimum absolute atomic E-state index is 0.183. The van der Waals surface area contributed by atoms with Gasteiger partial charge in [0, 0.05) is 11.6 Å². The maximum Gasteiger partial charge on any atom is 0.163 e. The first-order valence-electron chi connectivity index (χ1n) is 5.94. The smallest absolute Gasteiger partial charge is 0.163 e. The molecule has 0 fully saturated rings. The van der Waals surface area contributed by atoms with E-state index in [4.69, 9.17) is 10.5 Å². The highest BCUT2D eigenvalue weighted by Crippen LogP contribution is 2.22. The lowest BCUT2D eigenvalue weighted by Crippen LogP contribution is -2.15. The average molecular weight is 263 g/mol. The van der Waals surface area contributed by atoms with Gasteiger partial charge in [0.25, 0.3) is 0 Å². The van der Waals surface area contributed by atoms with E-state index in [1.54, 1.807) is 7.11 Å². The molecule has 0 radical (unpaired) electrons. The number of halogens is 2. The molecule has 100 valence electrons. The highest BCUT2D eigenvalue weighted by molar-refractivity contribution is 5.31.